The molecular weight excluding hydrogens is 444 g/mol. The van der Waals surface area contributed by atoms with Crippen molar-refractivity contribution in [2.45, 2.75) is 65.0 Å². The average molecular weight is 481 g/mol. The highest BCUT2D eigenvalue weighted by Crippen LogP contribution is 2.44. The first kappa shape index (κ1) is 26.3. The number of carboxylic acids is 1. The second kappa shape index (κ2) is 11.9. The van der Waals surface area contributed by atoms with Crippen molar-refractivity contribution in [2.75, 3.05) is 6.61 Å². The van der Waals surface area contributed by atoms with Crippen LogP contribution in [0.5, 0.6) is 0 Å². The second-order valence-corrected chi connectivity index (χ2v) is 9.70. The zero-order valence-corrected chi connectivity index (χ0v) is 20.9. The van der Waals surface area contributed by atoms with Crippen LogP contribution in [0.25, 0.3) is 11.1 Å². The van der Waals surface area contributed by atoms with Gasteiger partial charge in [0.15, 0.2) is 0 Å². The van der Waals surface area contributed by atoms with Crippen LogP contribution < -0.4 is 10.6 Å². The van der Waals surface area contributed by atoms with Gasteiger partial charge >= 0.3 is 12.1 Å². The van der Waals surface area contributed by atoms with E-state index in [-0.39, 0.29) is 18.4 Å². The summed E-state index contributed by atoms with van der Waals surface area (Å²) in [5, 5.41) is 14.8. The molecular formula is C28H36N2O5. The summed E-state index contributed by atoms with van der Waals surface area (Å²) < 4.78 is 5.60. The predicted octanol–water partition coefficient (Wildman–Crippen LogP) is 4.95. The normalized spacial score (nSPS) is 15.0. The highest BCUT2D eigenvalue weighted by Gasteiger charge is 2.32. The Kier molecular flexibility index (Phi) is 8.90. The van der Waals surface area contributed by atoms with Crippen molar-refractivity contribution in [1.82, 2.24) is 10.6 Å². The number of benzene rings is 2. The van der Waals surface area contributed by atoms with Gasteiger partial charge in [0.05, 0.1) is 0 Å². The minimum atomic E-state index is -1.08. The zero-order valence-electron chi connectivity index (χ0n) is 20.9. The van der Waals surface area contributed by atoms with E-state index in [1.54, 1.807) is 0 Å². The predicted molar refractivity (Wildman–Crippen MR) is 135 cm³/mol. The Bertz CT molecular complexity index is 1010. The summed E-state index contributed by atoms with van der Waals surface area (Å²) in [5.41, 5.74) is 4.48. The van der Waals surface area contributed by atoms with Gasteiger partial charge in [-0.05, 0) is 46.9 Å². The van der Waals surface area contributed by atoms with Crippen LogP contribution in [0.15, 0.2) is 48.5 Å². The Labute approximate surface area is 207 Å². The van der Waals surface area contributed by atoms with Crippen molar-refractivity contribution in [3.8, 4) is 11.1 Å². The summed E-state index contributed by atoms with van der Waals surface area (Å²) in [6.45, 7) is 7.90. The summed E-state index contributed by atoms with van der Waals surface area (Å²) in [4.78, 5) is 37.4. The molecule has 7 heteroatoms. The molecule has 0 radical (unpaired) electrons. The Morgan fingerprint density at radius 1 is 0.914 bits per heavy atom. The summed E-state index contributed by atoms with van der Waals surface area (Å²) >= 11 is 0. The maximum atomic E-state index is 13.0. The third kappa shape index (κ3) is 6.41. The Hall–Kier alpha value is -3.35. The molecule has 3 atom stereocenters. The third-order valence-electron chi connectivity index (χ3n) is 6.76. The van der Waals surface area contributed by atoms with Crippen LogP contribution in [0.1, 0.15) is 64.0 Å². The van der Waals surface area contributed by atoms with Crippen molar-refractivity contribution in [2.24, 2.45) is 11.8 Å². The van der Waals surface area contributed by atoms with E-state index in [2.05, 4.69) is 22.8 Å². The van der Waals surface area contributed by atoms with E-state index in [4.69, 9.17) is 4.74 Å². The van der Waals surface area contributed by atoms with Crippen molar-refractivity contribution >= 4 is 18.0 Å². The molecule has 3 N–H and O–H groups in total. The molecule has 0 saturated heterocycles. The number of rotatable bonds is 11. The third-order valence-corrected chi connectivity index (χ3v) is 6.76. The number of carbonyl (C=O) groups excluding carboxylic acids is 2. The smallest absolute Gasteiger partial charge is 0.407 e. The van der Waals surface area contributed by atoms with Gasteiger partial charge in [-0.15, -0.1) is 0 Å². The average Bonchev–Trinajstić information content (AvgIpc) is 3.16. The molecule has 3 unspecified atom stereocenters. The number of carboxylic acid groups (broad SMARTS) is 1. The first-order chi connectivity index (χ1) is 16.7. The standard InChI is InChI=1S/C28H36N2O5/c1-5-18(4)25(26(31)29-24(27(32)33)15-14-17(2)3)30-28(34)35-16-23-21-12-8-6-10-19(21)20-11-7-9-13-22(20)23/h6-13,17-18,23-25H,5,14-16H2,1-4H3,(H,29,31)(H,30,34)(H,32,33). The number of ether oxygens (including phenoxy) is 1. The molecule has 0 saturated carbocycles. The fourth-order valence-electron chi connectivity index (χ4n) is 4.49. The van der Waals surface area contributed by atoms with E-state index < -0.39 is 30.1 Å². The lowest BCUT2D eigenvalue weighted by Gasteiger charge is -2.25. The summed E-state index contributed by atoms with van der Waals surface area (Å²) in [6.07, 6.45) is 0.939. The van der Waals surface area contributed by atoms with E-state index in [0.29, 0.717) is 25.2 Å². The Morgan fingerprint density at radius 3 is 2.00 bits per heavy atom. The molecule has 0 aromatic heterocycles. The summed E-state index contributed by atoms with van der Waals surface area (Å²) in [7, 11) is 0. The fraction of sp³-hybridized carbons (Fsp3) is 0.464. The number of aliphatic carboxylic acids is 1. The summed E-state index contributed by atoms with van der Waals surface area (Å²) in [6, 6.07) is 14.3. The maximum absolute atomic E-state index is 13.0. The van der Waals surface area contributed by atoms with E-state index in [0.717, 1.165) is 22.3 Å². The van der Waals surface area contributed by atoms with Crippen LogP contribution in [0.4, 0.5) is 4.79 Å². The Balaban J connectivity index is 1.66. The Morgan fingerprint density at radius 2 is 1.49 bits per heavy atom. The fourth-order valence-corrected chi connectivity index (χ4v) is 4.49. The van der Waals surface area contributed by atoms with E-state index in [9.17, 15) is 19.5 Å². The molecule has 35 heavy (non-hydrogen) atoms. The highest BCUT2D eigenvalue weighted by atomic mass is 16.5. The first-order valence-corrected chi connectivity index (χ1v) is 12.4. The van der Waals surface area contributed by atoms with Crippen molar-refractivity contribution in [1.29, 1.82) is 0 Å². The van der Waals surface area contributed by atoms with Crippen molar-refractivity contribution < 1.29 is 24.2 Å². The molecule has 0 aliphatic heterocycles. The minimum Gasteiger partial charge on any atom is -0.480 e. The monoisotopic (exact) mass is 480 g/mol. The van der Waals surface area contributed by atoms with E-state index in [1.165, 1.54) is 0 Å². The SMILES string of the molecule is CCC(C)C(NC(=O)OCC1c2ccccc2-c2ccccc21)C(=O)NC(CCC(C)C)C(=O)O. The molecule has 0 spiro atoms. The van der Waals surface area contributed by atoms with Crippen LogP contribution >= 0.6 is 0 Å². The van der Waals surface area contributed by atoms with Gasteiger partial charge in [0.2, 0.25) is 5.91 Å². The molecule has 0 fully saturated rings. The molecule has 0 heterocycles. The molecule has 0 bridgehead atoms. The zero-order chi connectivity index (χ0) is 25.5. The first-order valence-electron chi connectivity index (χ1n) is 12.4. The van der Waals surface area contributed by atoms with Crippen LogP contribution in [0.3, 0.4) is 0 Å². The largest absolute Gasteiger partial charge is 0.480 e. The molecule has 2 amide bonds. The van der Waals surface area contributed by atoms with Gasteiger partial charge in [0, 0.05) is 5.92 Å². The minimum absolute atomic E-state index is 0.0866. The van der Waals surface area contributed by atoms with Crippen LogP contribution in [-0.4, -0.2) is 41.8 Å². The van der Waals surface area contributed by atoms with Crippen molar-refractivity contribution in [3.05, 3.63) is 59.7 Å². The van der Waals surface area contributed by atoms with Crippen LogP contribution in [0, 0.1) is 11.8 Å². The lowest BCUT2D eigenvalue weighted by molar-refractivity contribution is -0.142. The van der Waals surface area contributed by atoms with E-state index in [1.807, 2.05) is 64.1 Å². The lowest BCUT2D eigenvalue weighted by atomic mass is 9.97. The van der Waals surface area contributed by atoms with Crippen LogP contribution in [-0.2, 0) is 14.3 Å². The van der Waals surface area contributed by atoms with Gasteiger partial charge in [0.1, 0.15) is 18.7 Å². The number of hydrogen-bond donors (Lipinski definition) is 3. The topological polar surface area (TPSA) is 105 Å². The maximum Gasteiger partial charge on any atom is 0.407 e. The van der Waals surface area contributed by atoms with Gasteiger partial charge in [-0.25, -0.2) is 9.59 Å². The van der Waals surface area contributed by atoms with Crippen molar-refractivity contribution in [3.63, 3.8) is 0 Å². The quantitative estimate of drug-likeness (QED) is 0.422. The number of hydrogen-bond acceptors (Lipinski definition) is 4. The number of carbonyl (C=O) groups is 3. The second-order valence-electron chi connectivity index (χ2n) is 9.70. The van der Waals surface area contributed by atoms with Crippen LogP contribution in [0.2, 0.25) is 0 Å². The molecule has 2 aromatic carbocycles. The number of nitrogens with one attached hydrogen (secondary N) is 2. The van der Waals surface area contributed by atoms with Gasteiger partial charge < -0.3 is 20.5 Å². The molecule has 1 aliphatic rings. The number of amides is 2. The number of fused-ring (bicyclic) bond motifs is 3. The molecule has 2 aromatic rings. The number of alkyl carbamates (subject to hydrolysis) is 1. The highest BCUT2D eigenvalue weighted by molar-refractivity contribution is 5.89. The lowest BCUT2D eigenvalue weighted by Crippen LogP contribution is -2.54. The van der Waals surface area contributed by atoms with Gasteiger partial charge in [-0.3, -0.25) is 4.79 Å². The molecule has 1 aliphatic carbocycles. The molecule has 188 valence electrons. The molecule has 7 nitrogen and oxygen atoms in total. The van der Waals surface area contributed by atoms with E-state index >= 15 is 0 Å². The van der Waals surface area contributed by atoms with Gasteiger partial charge in [-0.1, -0.05) is 82.6 Å². The summed E-state index contributed by atoms with van der Waals surface area (Å²) in [5.74, 6) is -1.56. The van der Waals surface area contributed by atoms with Gasteiger partial charge in [-0.2, -0.15) is 0 Å². The van der Waals surface area contributed by atoms with Gasteiger partial charge in [0.25, 0.3) is 0 Å². The molecule has 3 rings (SSSR count).